The normalized spacial score (nSPS) is 12.5. The quantitative estimate of drug-likeness (QED) is 0.717. The van der Waals surface area contributed by atoms with Gasteiger partial charge in [-0.05, 0) is 35.6 Å². The van der Waals surface area contributed by atoms with Gasteiger partial charge in [0.1, 0.15) is 0 Å². The van der Waals surface area contributed by atoms with Crippen LogP contribution in [0.1, 0.15) is 51.0 Å². The number of carbonyl (C=O) groups excluding carboxylic acids is 1. The maximum absolute atomic E-state index is 12.7. The van der Waals surface area contributed by atoms with Crippen LogP contribution in [-0.2, 0) is 0 Å². The van der Waals surface area contributed by atoms with Gasteiger partial charge in [0, 0.05) is 11.9 Å². The first-order valence-electron chi connectivity index (χ1n) is 8.93. The van der Waals surface area contributed by atoms with Gasteiger partial charge in [0.25, 0.3) is 0 Å². The van der Waals surface area contributed by atoms with Crippen molar-refractivity contribution in [2.24, 2.45) is 5.92 Å². The third-order valence-electron chi connectivity index (χ3n) is 4.40. The van der Waals surface area contributed by atoms with Crippen molar-refractivity contribution in [2.45, 2.75) is 39.7 Å². The first-order chi connectivity index (χ1) is 12.5. The molecule has 0 fully saturated rings. The van der Waals surface area contributed by atoms with E-state index in [1.54, 1.807) is 0 Å². The summed E-state index contributed by atoms with van der Waals surface area (Å²) in [6.07, 6.45) is 1.91. The van der Waals surface area contributed by atoms with Crippen LogP contribution in [0.25, 0.3) is 5.65 Å². The van der Waals surface area contributed by atoms with Crippen LogP contribution in [0.15, 0.2) is 48.7 Å². The summed E-state index contributed by atoms with van der Waals surface area (Å²) in [7, 11) is 0. The molecule has 0 radical (unpaired) electrons. The Bertz CT molecular complexity index is 900. The van der Waals surface area contributed by atoms with Gasteiger partial charge in [0.2, 0.25) is 0 Å². The van der Waals surface area contributed by atoms with Gasteiger partial charge in [-0.1, -0.05) is 52.0 Å². The maximum Gasteiger partial charge on any atom is 0.319 e. The number of urea groups is 1. The van der Waals surface area contributed by atoms with Crippen LogP contribution in [0.3, 0.4) is 0 Å². The van der Waals surface area contributed by atoms with Gasteiger partial charge < -0.3 is 10.6 Å². The number of fused-ring (bicyclic) bond motifs is 1. The second kappa shape index (κ2) is 7.56. The number of anilines is 1. The summed E-state index contributed by atoms with van der Waals surface area (Å²) in [4.78, 5) is 12.7. The van der Waals surface area contributed by atoms with Crippen molar-refractivity contribution in [3.05, 3.63) is 60.0 Å². The molecule has 0 saturated heterocycles. The number of nitrogens with one attached hydrogen (secondary N) is 2. The second-order valence-corrected chi connectivity index (χ2v) is 7.05. The lowest BCUT2D eigenvalue weighted by atomic mass is 10.0. The maximum atomic E-state index is 12.7. The highest BCUT2D eigenvalue weighted by Crippen LogP contribution is 2.25. The van der Waals surface area contributed by atoms with Crippen LogP contribution in [0.2, 0.25) is 0 Å². The van der Waals surface area contributed by atoms with E-state index in [1.165, 1.54) is 0 Å². The smallest absolute Gasteiger partial charge is 0.319 e. The van der Waals surface area contributed by atoms with Gasteiger partial charge in [0.05, 0.1) is 6.04 Å². The molecule has 6 heteroatoms. The van der Waals surface area contributed by atoms with Crippen molar-refractivity contribution in [1.29, 1.82) is 0 Å². The molecule has 0 bridgehead atoms. The van der Waals surface area contributed by atoms with E-state index in [0.29, 0.717) is 5.92 Å². The number of amides is 2. The summed E-state index contributed by atoms with van der Waals surface area (Å²) in [6.45, 7) is 8.32. The molecular formula is C20H25N5O. The lowest BCUT2D eigenvalue weighted by Gasteiger charge is -2.22. The Morgan fingerprint density at radius 1 is 1.00 bits per heavy atom. The predicted molar refractivity (Wildman–Crippen MR) is 103 cm³/mol. The predicted octanol–water partition coefficient (Wildman–Crippen LogP) is 4.37. The number of hydrogen-bond acceptors (Lipinski definition) is 3. The van der Waals surface area contributed by atoms with Gasteiger partial charge in [-0.15, -0.1) is 10.2 Å². The Morgan fingerprint density at radius 3 is 2.46 bits per heavy atom. The van der Waals surface area contributed by atoms with Crippen molar-refractivity contribution < 1.29 is 4.79 Å². The number of carbonyl (C=O) groups is 1. The summed E-state index contributed by atoms with van der Waals surface area (Å²) in [5.41, 5.74) is 2.70. The van der Waals surface area contributed by atoms with E-state index in [1.807, 2.05) is 53.1 Å². The van der Waals surface area contributed by atoms with Crippen molar-refractivity contribution in [3.8, 4) is 0 Å². The fourth-order valence-electron chi connectivity index (χ4n) is 3.02. The Kier molecular flexibility index (Phi) is 5.21. The molecule has 2 heterocycles. The summed E-state index contributed by atoms with van der Waals surface area (Å²) in [6, 6.07) is 13.1. The van der Waals surface area contributed by atoms with Crippen LogP contribution >= 0.6 is 0 Å². The van der Waals surface area contributed by atoms with Crippen molar-refractivity contribution >= 4 is 17.4 Å². The van der Waals surface area contributed by atoms with E-state index in [-0.39, 0.29) is 18.0 Å². The topological polar surface area (TPSA) is 71.3 Å². The van der Waals surface area contributed by atoms with Gasteiger partial charge >= 0.3 is 6.03 Å². The van der Waals surface area contributed by atoms with Crippen LogP contribution in [0, 0.1) is 5.92 Å². The molecule has 0 saturated carbocycles. The number of para-hydroxylation sites is 1. The fraction of sp³-hybridized carbons (Fsp3) is 0.350. The molecule has 2 aromatic heterocycles. The SMILES string of the molecule is CC(C)c1ccccc1NC(=O)NC(c1nnc2ccccn12)C(C)C. The molecule has 0 aliphatic rings. The Balaban J connectivity index is 1.82. The highest BCUT2D eigenvalue weighted by Gasteiger charge is 2.24. The van der Waals surface area contributed by atoms with Crippen LogP contribution in [0.5, 0.6) is 0 Å². The third-order valence-corrected chi connectivity index (χ3v) is 4.40. The minimum Gasteiger partial charge on any atom is -0.328 e. The van der Waals surface area contributed by atoms with Gasteiger partial charge in [-0.25, -0.2) is 4.79 Å². The zero-order chi connectivity index (χ0) is 18.7. The molecule has 136 valence electrons. The van der Waals surface area contributed by atoms with Crippen molar-refractivity contribution in [1.82, 2.24) is 19.9 Å². The lowest BCUT2D eigenvalue weighted by Crippen LogP contribution is -2.36. The number of nitrogens with zero attached hydrogens (tertiary/aromatic N) is 3. The Morgan fingerprint density at radius 2 is 1.73 bits per heavy atom. The van der Waals surface area contributed by atoms with Crippen molar-refractivity contribution in [2.75, 3.05) is 5.32 Å². The summed E-state index contributed by atoms with van der Waals surface area (Å²) >= 11 is 0. The van der Waals surface area contributed by atoms with Gasteiger partial charge in [-0.2, -0.15) is 0 Å². The fourth-order valence-corrected chi connectivity index (χ4v) is 3.02. The van der Waals surface area contributed by atoms with E-state index in [0.717, 1.165) is 22.7 Å². The van der Waals surface area contributed by atoms with Crippen LogP contribution in [-0.4, -0.2) is 20.6 Å². The highest BCUT2D eigenvalue weighted by atomic mass is 16.2. The first kappa shape index (κ1) is 17.9. The van der Waals surface area contributed by atoms with Gasteiger partial charge in [-0.3, -0.25) is 4.40 Å². The van der Waals surface area contributed by atoms with Gasteiger partial charge in [0.15, 0.2) is 11.5 Å². The minimum absolute atomic E-state index is 0.161. The summed E-state index contributed by atoms with van der Waals surface area (Å²) in [5, 5.41) is 14.5. The molecule has 6 nitrogen and oxygen atoms in total. The third kappa shape index (κ3) is 3.69. The molecule has 3 rings (SSSR count). The molecular weight excluding hydrogens is 326 g/mol. The zero-order valence-electron chi connectivity index (χ0n) is 15.6. The molecule has 0 aliphatic heterocycles. The molecule has 1 aromatic carbocycles. The number of pyridine rings is 1. The van der Waals surface area contributed by atoms with Crippen LogP contribution < -0.4 is 10.6 Å². The molecule has 2 amide bonds. The molecule has 3 aromatic rings. The number of hydrogen-bond donors (Lipinski definition) is 2. The number of rotatable bonds is 5. The van der Waals surface area contributed by atoms with E-state index < -0.39 is 0 Å². The van der Waals surface area contributed by atoms with E-state index in [9.17, 15) is 4.79 Å². The summed E-state index contributed by atoms with van der Waals surface area (Å²) < 4.78 is 1.91. The monoisotopic (exact) mass is 351 g/mol. The average molecular weight is 351 g/mol. The standard InChI is InChI=1S/C20H25N5O/c1-13(2)15-9-5-6-10-16(15)21-20(26)22-18(14(3)4)19-24-23-17-11-7-8-12-25(17)19/h5-14,18H,1-4H3,(H2,21,22,26). The van der Waals surface area contributed by atoms with Crippen molar-refractivity contribution in [3.63, 3.8) is 0 Å². The largest absolute Gasteiger partial charge is 0.328 e. The number of aromatic nitrogens is 3. The number of benzene rings is 1. The molecule has 2 N–H and O–H groups in total. The van der Waals surface area contributed by atoms with E-state index in [2.05, 4.69) is 48.5 Å². The lowest BCUT2D eigenvalue weighted by molar-refractivity contribution is 0.243. The zero-order valence-corrected chi connectivity index (χ0v) is 15.6. The van der Waals surface area contributed by atoms with Crippen LogP contribution in [0.4, 0.5) is 10.5 Å². The van der Waals surface area contributed by atoms with E-state index >= 15 is 0 Å². The second-order valence-electron chi connectivity index (χ2n) is 7.05. The molecule has 1 atom stereocenters. The molecule has 1 unspecified atom stereocenters. The molecule has 0 spiro atoms. The molecule has 0 aliphatic carbocycles. The molecule has 26 heavy (non-hydrogen) atoms. The van der Waals surface area contributed by atoms with E-state index in [4.69, 9.17) is 0 Å². The minimum atomic E-state index is -0.251. The summed E-state index contributed by atoms with van der Waals surface area (Å²) in [5.74, 6) is 1.21. The Labute approximate surface area is 153 Å². The first-order valence-corrected chi connectivity index (χ1v) is 8.93. The Hall–Kier alpha value is -2.89. The highest BCUT2D eigenvalue weighted by molar-refractivity contribution is 5.90. The average Bonchev–Trinajstić information content (AvgIpc) is 3.03.